The lowest BCUT2D eigenvalue weighted by atomic mass is 9.98. The molecule has 2 amide bonds. The van der Waals surface area contributed by atoms with Gasteiger partial charge < -0.3 is 20.1 Å². The van der Waals surface area contributed by atoms with Gasteiger partial charge in [0.1, 0.15) is 28.6 Å². The van der Waals surface area contributed by atoms with Crippen LogP contribution in [-0.2, 0) is 4.79 Å². The number of hydrogen-bond acceptors (Lipinski definition) is 5. The fourth-order valence-electron chi connectivity index (χ4n) is 3.78. The number of likely N-dealkylation sites (tertiary alicyclic amines) is 1. The summed E-state index contributed by atoms with van der Waals surface area (Å²) in [4.78, 5) is 30.3. The van der Waals surface area contributed by atoms with Crippen molar-refractivity contribution in [3.05, 3.63) is 89.9 Å². The molecule has 0 aliphatic carbocycles. The molecule has 0 spiro atoms. The fraction of sp³-hybridized carbons (Fsp3) is 0.192. The molecule has 0 radical (unpaired) electrons. The van der Waals surface area contributed by atoms with E-state index in [-0.39, 0.29) is 29.1 Å². The lowest BCUT2D eigenvalue weighted by molar-refractivity contribution is -0.125. The molecule has 34 heavy (non-hydrogen) atoms. The molecule has 0 saturated carbocycles. The van der Waals surface area contributed by atoms with Crippen molar-refractivity contribution in [2.75, 3.05) is 13.1 Å². The fourth-order valence-corrected chi connectivity index (χ4v) is 3.78. The summed E-state index contributed by atoms with van der Waals surface area (Å²) in [7, 11) is 0. The SMILES string of the molecule is CC=CC(=O)N1CCC(c2cnc(Oc3ccc(Oc4cccc(F)c4)cc3)c(C(N)=O)c2)C1. The van der Waals surface area contributed by atoms with Crippen molar-refractivity contribution in [1.29, 1.82) is 0 Å². The Morgan fingerprint density at radius 3 is 2.50 bits per heavy atom. The number of aromatic nitrogens is 1. The van der Waals surface area contributed by atoms with Gasteiger partial charge in [0.25, 0.3) is 5.91 Å². The van der Waals surface area contributed by atoms with Gasteiger partial charge in [-0.05, 0) is 67.4 Å². The average molecular weight is 461 g/mol. The number of rotatable bonds is 7. The molecule has 174 valence electrons. The molecule has 2 heterocycles. The molecule has 8 heteroatoms. The van der Waals surface area contributed by atoms with E-state index in [0.29, 0.717) is 30.3 Å². The molecule has 1 unspecified atom stereocenters. The molecule has 2 aromatic carbocycles. The highest BCUT2D eigenvalue weighted by molar-refractivity contribution is 5.95. The quantitative estimate of drug-likeness (QED) is 0.510. The van der Waals surface area contributed by atoms with E-state index in [4.69, 9.17) is 15.2 Å². The van der Waals surface area contributed by atoms with E-state index in [0.717, 1.165) is 12.0 Å². The largest absolute Gasteiger partial charge is 0.457 e. The number of pyridine rings is 1. The van der Waals surface area contributed by atoms with Crippen LogP contribution in [0, 0.1) is 5.82 Å². The van der Waals surface area contributed by atoms with E-state index in [1.807, 2.05) is 0 Å². The predicted molar refractivity (Wildman–Crippen MR) is 124 cm³/mol. The summed E-state index contributed by atoms with van der Waals surface area (Å²) in [6, 6.07) is 14.1. The molecular weight excluding hydrogens is 437 g/mol. The number of nitrogens with zero attached hydrogens (tertiary/aromatic N) is 2. The monoisotopic (exact) mass is 461 g/mol. The molecule has 1 atom stereocenters. The van der Waals surface area contributed by atoms with Gasteiger partial charge in [0.2, 0.25) is 11.8 Å². The van der Waals surface area contributed by atoms with Crippen LogP contribution < -0.4 is 15.2 Å². The highest BCUT2D eigenvalue weighted by Crippen LogP contribution is 2.32. The third-order valence-electron chi connectivity index (χ3n) is 5.49. The summed E-state index contributed by atoms with van der Waals surface area (Å²) < 4.78 is 24.8. The molecule has 4 rings (SSSR count). The van der Waals surface area contributed by atoms with E-state index in [9.17, 15) is 14.0 Å². The Morgan fingerprint density at radius 2 is 1.82 bits per heavy atom. The molecule has 2 N–H and O–H groups in total. The standard InChI is InChI=1S/C26H24FN3O4/c1-2-4-24(31)30-12-11-17(16-30)18-13-23(25(28)32)26(29-15-18)34-21-9-7-20(8-10-21)33-22-6-3-5-19(27)14-22/h2-10,13-15,17H,11-12,16H2,1H3,(H2,28,32). The van der Waals surface area contributed by atoms with Gasteiger partial charge >= 0.3 is 0 Å². The summed E-state index contributed by atoms with van der Waals surface area (Å²) in [5.41, 5.74) is 6.58. The maximum absolute atomic E-state index is 13.3. The van der Waals surface area contributed by atoms with E-state index in [2.05, 4.69) is 4.98 Å². The van der Waals surface area contributed by atoms with Crippen LogP contribution in [0.1, 0.15) is 35.2 Å². The predicted octanol–water partition coefficient (Wildman–Crippen LogP) is 4.80. The first-order chi connectivity index (χ1) is 16.4. The van der Waals surface area contributed by atoms with Crippen LogP contribution in [0.25, 0.3) is 0 Å². The Bertz CT molecular complexity index is 1230. The lowest BCUT2D eigenvalue weighted by Crippen LogP contribution is -2.26. The topological polar surface area (TPSA) is 94.8 Å². The first-order valence-electron chi connectivity index (χ1n) is 10.9. The zero-order chi connectivity index (χ0) is 24.1. The van der Waals surface area contributed by atoms with Crippen LogP contribution in [0.15, 0.2) is 72.9 Å². The van der Waals surface area contributed by atoms with E-state index in [1.54, 1.807) is 72.6 Å². The zero-order valence-electron chi connectivity index (χ0n) is 18.6. The molecule has 7 nitrogen and oxygen atoms in total. The van der Waals surface area contributed by atoms with Crippen molar-refractivity contribution in [3.63, 3.8) is 0 Å². The minimum absolute atomic E-state index is 0.0298. The van der Waals surface area contributed by atoms with Gasteiger partial charge in [-0.25, -0.2) is 9.37 Å². The number of halogens is 1. The average Bonchev–Trinajstić information content (AvgIpc) is 3.31. The first-order valence-corrected chi connectivity index (χ1v) is 10.9. The van der Waals surface area contributed by atoms with E-state index < -0.39 is 5.91 Å². The minimum Gasteiger partial charge on any atom is -0.457 e. The van der Waals surface area contributed by atoms with Gasteiger partial charge in [-0.1, -0.05) is 12.1 Å². The van der Waals surface area contributed by atoms with Crippen LogP contribution in [0.4, 0.5) is 4.39 Å². The van der Waals surface area contributed by atoms with Crippen molar-refractivity contribution in [3.8, 4) is 23.1 Å². The Labute approximate surface area is 196 Å². The Morgan fingerprint density at radius 1 is 1.09 bits per heavy atom. The number of carbonyl (C=O) groups is 2. The number of primary amides is 1. The Balaban J connectivity index is 1.47. The van der Waals surface area contributed by atoms with Crippen LogP contribution in [0.5, 0.6) is 23.1 Å². The summed E-state index contributed by atoms with van der Waals surface area (Å²) in [5.74, 6) is 0.379. The molecular formula is C26H24FN3O4. The highest BCUT2D eigenvalue weighted by atomic mass is 19.1. The molecule has 0 bridgehead atoms. The third kappa shape index (κ3) is 5.40. The van der Waals surface area contributed by atoms with Gasteiger partial charge in [0, 0.05) is 31.3 Å². The lowest BCUT2D eigenvalue weighted by Gasteiger charge is -2.16. The van der Waals surface area contributed by atoms with Crippen molar-refractivity contribution in [2.24, 2.45) is 5.73 Å². The molecule has 1 aliphatic rings. The summed E-state index contributed by atoms with van der Waals surface area (Å²) in [6.45, 7) is 3.00. The number of ether oxygens (including phenoxy) is 2. The van der Waals surface area contributed by atoms with Gasteiger partial charge in [-0.2, -0.15) is 0 Å². The molecule has 1 saturated heterocycles. The normalized spacial score (nSPS) is 15.5. The summed E-state index contributed by atoms with van der Waals surface area (Å²) in [6.07, 6.45) is 5.68. The second-order valence-corrected chi connectivity index (χ2v) is 7.89. The molecule has 1 aliphatic heterocycles. The zero-order valence-corrected chi connectivity index (χ0v) is 18.6. The second kappa shape index (κ2) is 10.2. The van der Waals surface area contributed by atoms with Crippen molar-refractivity contribution in [2.45, 2.75) is 19.3 Å². The van der Waals surface area contributed by atoms with Gasteiger partial charge in [0.15, 0.2) is 0 Å². The number of benzene rings is 2. The van der Waals surface area contributed by atoms with Crippen LogP contribution in [0.2, 0.25) is 0 Å². The number of amides is 2. The number of nitrogens with two attached hydrogens (primary N) is 1. The van der Waals surface area contributed by atoms with Gasteiger partial charge in [-0.15, -0.1) is 0 Å². The maximum Gasteiger partial charge on any atom is 0.254 e. The van der Waals surface area contributed by atoms with Crippen molar-refractivity contribution in [1.82, 2.24) is 9.88 Å². The molecule has 3 aromatic rings. The first kappa shape index (κ1) is 23.0. The number of allylic oxidation sites excluding steroid dienone is 1. The number of carbonyl (C=O) groups excluding carboxylic acids is 2. The molecule has 1 aromatic heterocycles. The van der Waals surface area contributed by atoms with E-state index >= 15 is 0 Å². The smallest absolute Gasteiger partial charge is 0.254 e. The van der Waals surface area contributed by atoms with Crippen LogP contribution in [0.3, 0.4) is 0 Å². The number of hydrogen-bond donors (Lipinski definition) is 1. The van der Waals surface area contributed by atoms with Gasteiger partial charge in [-0.3, -0.25) is 9.59 Å². The van der Waals surface area contributed by atoms with Crippen molar-refractivity contribution >= 4 is 11.8 Å². The van der Waals surface area contributed by atoms with Crippen LogP contribution >= 0.6 is 0 Å². The Hall–Kier alpha value is -4.20. The molecule has 1 fully saturated rings. The Kier molecular flexibility index (Phi) is 6.87. The summed E-state index contributed by atoms with van der Waals surface area (Å²) >= 11 is 0. The van der Waals surface area contributed by atoms with Crippen molar-refractivity contribution < 1.29 is 23.5 Å². The van der Waals surface area contributed by atoms with Gasteiger partial charge in [0.05, 0.1) is 0 Å². The second-order valence-electron chi connectivity index (χ2n) is 7.89. The highest BCUT2D eigenvalue weighted by Gasteiger charge is 2.27. The minimum atomic E-state index is -0.657. The summed E-state index contributed by atoms with van der Waals surface area (Å²) in [5, 5.41) is 0. The maximum atomic E-state index is 13.3. The van der Waals surface area contributed by atoms with E-state index in [1.165, 1.54) is 12.1 Å². The third-order valence-corrected chi connectivity index (χ3v) is 5.49. The van der Waals surface area contributed by atoms with Crippen LogP contribution in [-0.4, -0.2) is 34.8 Å².